The van der Waals surface area contributed by atoms with Gasteiger partial charge in [-0.1, -0.05) is 24.6 Å². The van der Waals surface area contributed by atoms with Crippen LogP contribution in [-0.4, -0.2) is 31.5 Å². The second kappa shape index (κ2) is 7.31. The number of hydrogen-bond acceptors (Lipinski definition) is 3. The first-order valence-electron chi connectivity index (χ1n) is 6.99. The van der Waals surface area contributed by atoms with E-state index in [1.165, 1.54) is 0 Å². The molecule has 0 radical (unpaired) electrons. The van der Waals surface area contributed by atoms with E-state index in [0.29, 0.717) is 29.8 Å². The van der Waals surface area contributed by atoms with Gasteiger partial charge in [-0.2, -0.15) is 0 Å². The molecule has 0 heterocycles. The number of rotatable bonds is 7. The van der Waals surface area contributed by atoms with Crippen LogP contribution in [0.15, 0.2) is 24.3 Å². The van der Waals surface area contributed by atoms with Crippen LogP contribution in [0.3, 0.4) is 0 Å². The first-order chi connectivity index (χ1) is 10.1. The topological polar surface area (TPSA) is 67.4 Å². The normalized spacial score (nSPS) is 19.7. The highest BCUT2D eigenvalue weighted by Gasteiger charge is 2.38. The molecule has 1 aliphatic carbocycles. The van der Waals surface area contributed by atoms with Crippen LogP contribution in [-0.2, 0) is 9.59 Å². The van der Waals surface area contributed by atoms with Crippen molar-refractivity contribution < 1.29 is 14.3 Å². The van der Waals surface area contributed by atoms with E-state index in [2.05, 4.69) is 10.6 Å². The quantitative estimate of drug-likeness (QED) is 0.752. The Labute approximate surface area is 129 Å². The zero-order valence-corrected chi connectivity index (χ0v) is 12.7. The molecular formula is C15H19ClN2O3. The van der Waals surface area contributed by atoms with Crippen molar-refractivity contribution >= 4 is 23.4 Å². The summed E-state index contributed by atoms with van der Waals surface area (Å²) in [5.74, 6) is 0.940. The van der Waals surface area contributed by atoms with Crippen LogP contribution >= 0.6 is 11.6 Å². The van der Waals surface area contributed by atoms with Crippen LogP contribution in [0.2, 0.25) is 5.02 Å². The Hall–Kier alpha value is -1.75. The first kappa shape index (κ1) is 15.6. The lowest BCUT2D eigenvalue weighted by Gasteiger charge is -2.08. The van der Waals surface area contributed by atoms with Crippen molar-refractivity contribution in [1.82, 2.24) is 10.6 Å². The minimum Gasteiger partial charge on any atom is -0.492 e. The van der Waals surface area contributed by atoms with E-state index in [1.54, 1.807) is 24.3 Å². The number of nitrogens with one attached hydrogen (secondary N) is 2. The molecule has 0 aliphatic heterocycles. The fourth-order valence-corrected chi connectivity index (χ4v) is 2.14. The van der Waals surface area contributed by atoms with Gasteiger partial charge in [0.2, 0.25) is 11.8 Å². The van der Waals surface area contributed by atoms with E-state index >= 15 is 0 Å². The SMILES string of the molecule is C[C@@H]1C[C@@H]1C(=O)NCC(=O)NCCOc1cccc(Cl)c1. The summed E-state index contributed by atoms with van der Waals surface area (Å²) in [4.78, 5) is 23.1. The van der Waals surface area contributed by atoms with Gasteiger partial charge in [0.25, 0.3) is 0 Å². The second-order valence-corrected chi connectivity index (χ2v) is 5.63. The summed E-state index contributed by atoms with van der Waals surface area (Å²) in [6.07, 6.45) is 0.918. The zero-order chi connectivity index (χ0) is 15.2. The molecule has 0 spiro atoms. The second-order valence-electron chi connectivity index (χ2n) is 5.19. The molecule has 0 bridgehead atoms. The lowest BCUT2D eigenvalue weighted by molar-refractivity contribution is -0.127. The molecule has 2 rings (SSSR count). The molecule has 0 aromatic heterocycles. The summed E-state index contributed by atoms with van der Waals surface area (Å²) in [5, 5.41) is 5.92. The smallest absolute Gasteiger partial charge is 0.239 e. The molecule has 114 valence electrons. The van der Waals surface area contributed by atoms with Gasteiger partial charge >= 0.3 is 0 Å². The van der Waals surface area contributed by atoms with Gasteiger partial charge in [-0.3, -0.25) is 9.59 Å². The molecule has 1 aromatic carbocycles. The number of halogens is 1. The maximum Gasteiger partial charge on any atom is 0.239 e. The highest BCUT2D eigenvalue weighted by atomic mass is 35.5. The Bertz CT molecular complexity index is 521. The highest BCUT2D eigenvalue weighted by molar-refractivity contribution is 6.30. The monoisotopic (exact) mass is 310 g/mol. The molecule has 6 heteroatoms. The predicted molar refractivity (Wildman–Crippen MR) is 80.2 cm³/mol. The fourth-order valence-electron chi connectivity index (χ4n) is 1.96. The Morgan fingerprint density at radius 1 is 1.38 bits per heavy atom. The highest BCUT2D eigenvalue weighted by Crippen LogP contribution is 2.37. The van der Waals surface area contributed by atoms with Crippen molar-refractivity contribution in [2.45, 2.75) is 13.3 Å². The Balaban J connectivity index is 1.56. The minimum atomic E-state index is -0.216. The van der Waals surface area contributed by atoms with Crippen molar-refractivity contribution in [3.8, 4) is 5.75 Å². The standard InChI is InChI=1S/C15H19ClN2O3/c1-10-7-13(10)15(20)18-9-14(19)17-5-6-21-12-4-2-3-11(16)8-12/h2-4,8,10,13H,5-7,9H2,1H3,(H,17,19)(H,18,20)/t10-,13+/m1/s1. The average molecular weight is 311 g/mol. The van der Waals surface area contributed by atoms with Gasteiger partial charge in [-0.25, -0.2) is 0 Å². The number of carbonyl (C=O) groups is 2. The van der Waals surface area contributed by atoms with Gasteiger partial charge in [-0.05, 0) is 30.5 Å². The molecule has 1 saturated carbocycles. The third-order valence-corrected chi connectivity index (χ3v) is 3.59. The summed E-state index contributed by atoms with van der Waals surface area (Å²) < 4.78 is 5.44. The van der Waals surface area contributed by atoms with Gasteiger partial charge in [0.1, 0.15) is 12.4 Å². The number of hydrogen-bond donors (Lipinski definition) is 2. The summed E-state index contributed by atoms with van der Waals surface area (Å²) in [7, 11) is 0. The lowest BCUT2D eigenvalue weighted by Crippen LogP contribution is -2.39. The molecule has 2 N–H and O–H groups in total. The Morgan fingerprint density at radius 3 is 2.81 bits per heavy atom. The summed E-state index contributed by atoms with van der Waals surface area (Å²) in [6.45, 7) is 2.76. The Kier molecular flexibility index (Phi) is 5.44. The predicted octanol–water partition coefficient (Wildman–Crippen LogP) is 1.61. The molecule has 0 unspecified atom stereocenters. The largest absolute Gasteiger partial charge is 0.492 e. The number of benzene rings is 1. The van der Waals surface area contributed by atoms with Crippen LogP contribution < -0.4 is 15.4 Å². The molecule has 1 fully saturated rings. The van der Waals surface area contributed by atoms with E-state index in [-0.39, 0.29) is 24.3 Å². The number of carbonyl (C=O) groups excluding carboxylic acids is 2. The van der Waals surface area contributed by atoms with Crippen molar-refractivity contribution in [3.05, 3.63) is 29.3 Å². The van der Waals surface area contributed by atoms with Gasteiger partial charge < -0.3 is 15.4 Å². The summed E-state index contributed by atoms with van der Waals surface area (Å²) in [5.41, 5.74) is 0. The van der Waals surface area contributed by atoms with Gasteiger partial charge in [0.15, 0.2) is 0 Å². The lowest BCUT2D eigenvalue weighted by atomic mass is 10.3. The van der Waals surface area contributed by atoms with Crippen LogP contribution in [0.25, 0.3) is 0 Å². The van der Waals surface area contributed by atoms with Crippen LogP contribution in [0.4, 0.5) is 0 Å². The third-order valence-electron chi connectivity index (χ3n) is 3.36. The fraction of sp³-hybridized carbons (Fsp3) is 0.467. The van der Waals surface area contributed by atoms with Gasteiger partial charge in [0, 0.05) is 10.9 Å². The van der Waals surface area contributed by atoms with Crippen molar-refractivity contribution in [2.24, 2.45) is 11.8 Å². The number of amides is 2. The van der Waals surface area contributed by atoms with Crippen LogP contribution in [0, 0.1) is 11.8 Å². The average Bonchev–Trinajstić information content (AvgIpc) is 3.18. The third kappa shape index (κ3) is 5.27. The van der Waals surface area contributed by atoms with Gasteiger partial charge in [0.05, 0.1) is 13.1 Å². The molecule has 5 nitrogen and oxygen atoms in total. The van der Waals surface area contributed by atoms with Crippen molar-refractivity contribution in [3.63, 3.8) is 0 Å². The first-order valence-corrected chi connectivity index (χ1v) is 7.37. The molecule has 21 heavy (non-hydrogen) atoms. The van der Waals surface area contributed by atoms with E-state index in [9.17, 15) is 9.59 Å². The van der Waals surface area contributed by atoms with Crippen molar-refractivity contribution in [1.29, 1.82) is 0 Å². The van der Waals surface area contributed by atoms with E-state index < -0.39 is 0 Å². The number of ether oxygens (including phenoxy) is 1. The van der Waals surface area contributed by atoms with E-state index in [4.69, 9.17) is 16.3 Å². The van der Waals surface area contributed by atoms with E-state index in [1.807, 2.05) is 6.92 Å². The van der Waals surface area contributed by atoms with E-state index in [0.717, 1.165) is 6.42 Å². The molecule has 0 saturated heterocycles. The molecule has 1 aromatic rings. The maximum atomic E-state index is 11.5. The molecular weight excluding hydrogens is 292 g/mol. The summed E-state index contributed by atoms with van der Waals surface area (Å²) >= 11 is 5.83. The molecule has 2 amide bonds. The molecule has 1 aliphatic rings. The minimum absolute atomic E-state index is 0.0131. The van der Waals surface area contributed by atoms with Gasteiger partial charge in [-0.15, -0.1) is 0 Å². The Morgan fingerprint density at radius 2 is 2.14 bits per heavy atom. The van der Waals surface area contributed by atoms with Crippen molar-refractivity contribution in [2.75, 3.05) is 19.7 Å². The molecule has 2 atom stereocenters. The maximum absolute atomic E-state index is 11.5. The van der Waals surface area contributed by atoms with Crippen LogP contribution in [0.1, 0.15) is 13.3 Å². The summed E-state index contributed by atoms with van der Waals surface area (Å²) in [6, 6.07) is 7.06. The zero-order valence-electron chi connectivity index (χ0n) is 11.9. The van der Waals surface area contributed by atoms with Crippen LogP contribution in [0.5, 0.6) is 5.75 Å².